The molecule has 158 valence electrons. The summed E-state index contributed by atoms with van der Waals surface area (Å²) in [6, 6.07) is 23.2. The summed E-state index contributed by atoms with van der Waals surface area (Å²) in [5.74, 6) is 0. The van der Waals surface area contributed by atoms with Crippen LogP contribution in [0.4, 0.5) is 0 Å². The Morgan fingerprint density at radius 1 is 0.967 bits per heavy atom. The standard InChI is InChI=1S/C24H27NO3S2/c26-30(27,24-13-12-20-10-4-5-11-21(20)15-24)25-17-23(29)16-22(25)18-28-14-6-9-19-7-2-1-3-8-19/h1-5,7-8,10-13,15,22-23,29H,6,9,14,16-18H2/t22-,23-/m0/s1. The van der Waals surface area contributed by atoms with Gasteiger partial charge in [-0.15, -0.1) is 0 Å². The normalized spacial score (nSPS) is 20.0. The Labute approximate surface area is 184 Å². The number of rotatable bonds is 8. The van der Waals surface area contributed by atoms with Gasteiger partial charge in [0.2, 0.25) is 10.0 Å². The topological polar surface area (TPSA) is 46.6 Å². The zero-order chi connectivity index (χ0) is 21.0. The first-order chi connectivity index (χ1) is 14.5. The number of nitrogens with zero attached hydrogens (tertiary/aromatic N) is 1. The number of fused-ring (bicyclic) bond motifs is 1. The highest BCUT2D eigenvalue weighted by molar-refractivity contribution is 7.89. The highest BCUT2D eigenvalue weighted by Gasteiger charge is 2.39. The third-order valence-electron chi connectivity index (χ3n) is 5.58. The van der Waals surface area contributed by atoms with Crippen LogP contribution in [0.25, 0.3) is 10.8 Å². The smallest absolute Gasteiger partial charge is 0.243 e. The van der Waals surface area contributed by atoms with Crippen molar-refractivity contribution in [3.05, 3.63) is 78.4 Å². The molecule has 0 bridgehead atoms. The van der Waals surface area contributed by atoms with Crippen molar-refractivity contribution in [2.75, 3.05) is 19.8 Å². The minimum atomic E-state index is -3.59. The van der Waals surface area contributed by atoms with E-state index in [1.807, 2.05) is 48.5 Å². The maximum atomic E-state index is 13.3. The Bertz CT molecular complexity index is 1090. The highest BCUT2D eigenvalue weighted by atomic mass is 32.2. The first kappa shape index (κ1) is 21.4. The number of ether oxygens (including phenoxy) is 1. The maximum Gasteiger partial charge on any atom is 0.243 e. The van der Waals surface area contributed by atoms with E-state index in [-0.39, 0.29) is 11.3 Å². The van der Waals surface area contributed by atoms with E-state index in [1.165, 1.54) is 5.56 Å². The van der Waals surface area contributed by atoms with Gasteiger partial charge in [-0.1, -0.05) is 60.7 Å². The average molecular weight is 442 g/mol. The molecule has 0 radical (unpaired) electrons. The van der Waals surface area contributed by atoms with Crippen LogP contribution in [0.3, 0.4) is 0 Å². The van der Waals surface area contributed by atoms with E-state index in [0.29, 0.717) is 31.1 Å². The van der Waals surface area contributed by atoms with Crippen LogP contribution >= 0.6 is 12.6 Å². The van der Waals surface area contributed by atoms with Crippen LogP contribution in [-0.4, -0.2) is 43.8 Å². The first-order valence-corrected chi connectivity index (χ1v) is 12.3. The van der Waals surface area contributed by atoms with Gasteiger partial charge >= 0.3 is 0 Å². The zero-order valence-corrected chi connectivity index (χ0v) is 18.6. The summed E-state index contributed by atoms with van der Waals surface area (Å²) >= 11 is 4.56. The van der Waals surface area contributed by atoms with Crippen LogP contribution in [-0.2, 0) is 21.2 Å². The molecule has 1 heterocycles. The Kier molecular flexibility index (Phi) is 6.78. The fourth-order valence-electron chi connectivity index (χ4n) is 4.01. The molecule has 4 rings (SSSR count). The zero-order valence-electron chi connectivity index (χ0n) is 16.9. The van der Waals surface area contributed by atoms with E-state index >= 15 is 0 Å². The molecule has 1 aliphatic rings. The summed E-state index contributed by atoms with van der Waals surface area (Å²) in [5.41, 5.74) is 1.29. The van der Waals surface area contributed by atoms with Crippen molar-refractivity contribution in [2.24, 2.45) is 0 Å². The second-order valence-electron chi connectivity index (χ2n) is 7.79. The van der Waals surface area contributed by atoms with E-state index in [2.05, 4.69) is 24.8 Å². The van der Waals surface area contributed by atoms with Crippen LogP contribution in [0.2, 0.25) is 0 Å². The molecule has 3 aromatic rings. The number of hydrogen-bond donors (Lipinski definition) is 1. The van der Waals surface area contributed by atoms with Gasteiger partial charge in [-0.05, 0) is 47.7 Å². The lowest BCUT2D eigenvalue weighted by Gasteiger charge is -2.24. The minimum absolute atomic E-state index is 0.0261. The molecule has 0 N–H and O–H groups in total. The molecule has 3 aromatic carbocycles. The quantitative estimate of drug-likeness (QED) is 0.412. The van der Waals surface area contributed by atoms with Crippen molar-refractivity contribution in [1.29, 1.82) is 0 Å². The van der Waals surface area contributed by atoms with Crippen molar-refractivity contribution in [3.8, 4) is 0 Å². The summed E-state index contributed by atoms with van der Waals surface area (Å²) in [4.78, 5) is 0.331. The van der Waals surface area contributed by atoms with Gasteiger partial charge in [0.25, 0.3) is 0 Å². The predicted molar refractivity (Wildman–Crippen MR) is 125 cm³/mol. The van der Waals surface area contributed by atoms with Gasteiger partial charge in [-0.3, -0.25) is 0 Å². The Hall–Kier alpha value is -1.86. The molecule has 0 saturated carbocycles. The Morgan fingerprint density at radius 2 is 1.70 bits per heavy atom. The number of benzene rings is 3. The van der Waals surface area contributed by atoms with Crippen molar-refractivity contribution in [1.82, 2.24) is 4.31 Å². The van der Waals surface area contributed by atoms with E-state index in [4.69, 9.17) is 4.74 Å². The summed E-state index contributed by atoms with van der Waals surface area (Å²) in [6.07, 6.45) is 2.58. The lowest BCUT2D eigenvalue weighted by atomic mass is 10.1. The second-order valence-corrected chi connectivity index (χ2v) is 10.4. The predicted octanol–water partition coefficient (Wildman–Crippen LogP) is 4.55. The Morgan fingerprint density at radius 3 is 2.50 bits per heavy atom. The number of aryl methyl sites for hydroxylation is 1. The molecule has 1 fully saturated rings. The van der Waals surface area contributed by atoms with Gasteiger partial charge in [-0.2, -0.15) is 16.9 Å². The molecular weight excluding hydrogens is 414 g/mol. The third-order valence-corrected chi connectivity index (χ3v) is 7.87. The van der Waals surface area contributed by atoms with Crippen LogP contribution in [0.1, 0.15) is 18.4 Å². The molecule has 1 saturated heterocycles. The maximum absolute atomic E-state index is 13.3. The lowest BCUT2D eigenvalue weighted by Crippen LogP contribution is -2.38. The van der Waals surface area contributed by atoms with E-state index in [9.17, 15) is 8.42 Å². The van der Waals surface area contributed by atoms with Crippen LogP contribution in [0.5, 0.6) is 0 Å². The molecule has 0 unspecified atom stereocenters. The fraction of sp³-hybridized carbons (Fsp3) is 0.333. The van der Waals surface area contributed by atoms with Gasteiger partial charge in [0.1, 0.15) is 0 Å². The van der Waals surface area contributed by atoms with Crippen LogP contribution in [0.15, 0.2) is 77.7 Å². The number of hydrogen-bond acceptors (Lipinski definition) is 4. The number of sulfonamides is 1. The van der Waals surface area contributed by atoms with Crippen LogP contribution in [0, 0.1) is 0 Å². The molecule has 4 nitrogen and oxygen atoms in total. The van der Waals surface area contributed by atoms with Gasteiger partial charge < -0.3 is 4.74 Å². The molecule has 0 aromatic heterocycles. The second kappa shape index (κ2) is 9.52. The SMILES string of the molecule is O=S(=O)(c1ccc2ccccc2c1)N1C[C@@H](S)C[C@H]1COCCCc1ccccc1. The van der Waals surface area contributed by atoms with Crippen molar-refractivity contribution in [3.63, 3.8) is 0 Å². The van der Waals surface area contributed by atoms with Gasteiger partial charge in [0.05, 0.1) is 11.5 Å². The average Bonchev–Trinajstić information content (AvgIpc) is 3.15. The van der Waals surface area contributed by atoms with Gasteiger partial charge in [0, 0.05) is 24.4 Å². The molecule has 0 spiro atoms. The lowest BCUT2D eigenvalue weighted by molar-refractivity contribution is 0.0974. The molecule has 2 atom stereocenters. The molecule has 1 aliphatic heterocycles. The van der Waals surface area contributed by atoms with Gasteiger partial charge in [0.15, 0.2) is 0 Å². The molecular formula is C24H27NO3S2. The van der Waals surface area contributed by atoms with Gasteiger partial charge in [-0.25, -0.2) is 8.42 Å². The number of thiol groups is 1. The summed E-state index contributed by atoms with van der Waals surface area (Å²) < 4.78 is 34.1. The molecule has 0 aliphatic carbocycles. The highest BCUT2D eigenvalue weighted by Crippen LogP contribution is 2.30. The van der Waals surface area contributed by atoms with E-state index < -0.39 is 10.0 Å². The summed E-state index contributed by atoms with van der Waals surface area (Å²) in [6.45, 7) is 1.43. The fourth-order valence-corrected chi connectivity index (χ4v) is 6.25. The summed E-state index contributed by atoms with van der Waals surface area (Å²) in [7, 11) is -3.59. The van der Waals surface area contributed by atoms with Crippen LogP contribution < -0.4 is 0 Å². The molecule has 6 heteroatoms. The summed E-state index contributed by atoms with van der Waals surface area (Å²) in [5, 5.41) is 1.98. The first-order valence-electron chi connectivity index (χ1n) is 10.3. The monoisotopic (exact) mass is 441 g/mol. The van der Waals surface area contributed by atoms with Crippen molar-refractivity contribution < 1.29 is 13.2 Å². The third kappa shape index (κ3) is 4.89. The minimum Gasteiger partial charge on any atom is -0.380 e. The van der Waals surface area contributed by atoms with Crippen molar-refractivity contribution in [2.45, 2.75) is 35.4 Å². The van der Waals surface area contributed by atoms with E-state index in [1.54, 1.807) is 16.4 Å². The molecule has 0 amide bonds. The largest absolute Gasteiger partial charge is 0.380 e. The van der Waals surface area contributed by atoms with E-state index in [0.717, 1.165) is 23.6 Å². The molecule has 30 heavy (non-hydrogen) atoms. The Balaban J connectivity index is 1.39. The van der Waals surface area contributed by atoms with Crippen molar-refractivity contribution >= 4 is 33.4 Å².